The van der Waals surface area contributed by atoms with Gasteiger partial charge in [0.1, 0.15) is 23.8 Å². The third-order valence-electron chi connectivity index (χ3n) is 5.58. The zero-order valence-electron chi connectivity index (χ0n) is 22.0. The number of hydrogen-bond donors (Lipinski definition) is 1. The highest BCUT2D eigenvalue weighted by atomic mass is 32.2. The molecule has 3 rings (SSSR count). The summed E-state index contributed by atoms with van der Waals surface area (Å²) in [5, 5.41) is 2.78. The van der Waals surface area contributed by atoms with Crippen molar-refractivity contribution >= 4 is 21.6 Å². The van der Waals surface area contributed by atoms with E-state index in [2.05, 4.69) is 5.32 Å². The van der Waals surface area contributed by atoms with Gasteiger partial charge in [0, 0.05) is 18.7 Å². The van der Waals surface area contributed by atoms with Gasteiger partial charge in [-0.1, -0.05) is 12.1 Å². The van der Waals surface area contributed by atoms with Gasteiger partial charge in [0.2, 0.25) is 5.91 Å². The highest BCUT2D eigenvalue weighted by Gasteiger charge is 2.31. The van der Waals surface area contributed by atoms with Crippen LogP contribution >= 0.6 is 0 Å². The van der Waals surface area contributed by atoms with Crippen molar-refractivity contribution in [3.8, 4) is 28.7 Å². The molecule has 3 aromatic carbocycles. The molecule has 0 heterocycles. The van der Waals surface area contributed by atoms with Crippen LogP contribution in [-0.2, 0) is 21.4 Å². The van der Waals surface area contributed by atoms with Crippen molar-refractivity contribution in [2.45, 2.75) is 18.4 Å². The van der Waals surface area contributed by atoms with Crippen molar-refractivity contribution in [2.24, 2.45) is 0 Å². The monoisotopic (exact) mass is 544 g/mol. The molecule has 0 unspecified atom stereocenters. The molecule has 204 valence electrons. The van der Waals surface area contributed by atoms with Gasteiger partial charge in [-0.05, 0) is 48.9 Å². The minimum absolute atomic E-state index is 0.0998. The molecule has 0 saturated carbocycles. The number of amides is 1. The number of methoxy groups -OCH3 is 4. The number of sulfonamides is 1. The Kier molecular flexibility index (Phi) is 9.66. The molecule has 38 heavy (non-hydrogen) atoms. The lowest BCUT2D eigenvalue weighted by Gasteiger charge is -2.26. The van der Waals surface area contributed by atoms with E-state index in [-0.39, 0.29) is 28.6 Å². The number of nitrogens with one attached hydrogen (secondary N) is 1. The smallest absolute Gasteiger partial charge is 0.265 e. The first-order valence-electron chi connectivity index (χ1n) is 11.7. The van der Waals surface area contributed by atoms with E-state index < -0.39 is 22.5 Å². The highest BCUT2D eigenvalue weighted by Crippen LogP contribution is 2.37. The number of ether oxygens (including phenoxy) is 5. The Morgan fingerprint density at radius 2 is 1.53 bits per heavy atom. The van der Waals surface area contributed by atoms with E-state index in [0.29, 0.717) is 23.9 Å². The zero-order chi connectivity index (χ0) is 27.7. The molecule has 0 aliphatic carbocycles. The predicted molar refractivity (Wildman–Crippen MR) is 143 cm³/mol. The van der Waals surface area contributed by atoms with Crippen LogP contribution in [-0.4, -0.2) is 55.9 Å². The molecule has 0 atom stereocenters. The van der Waals surface area contributed by atoms with Gasteiger partial charge < -0.3 is 29.0 Å². The molecule has 0 saturated heterocycles. The number of benzene rings is 3. The van der Waals surface area contributed by atoms with E-state index in [1.165, 1.54) is 52.7 Å². The second-order valence-electron chi connectivity index (χ2n) is 7.92. The zero-order valence-corrected chi connectivity index (χ0v) is 22.8. The lowest BCUT2D eigenvalue weighted by atomic mass is 10.2. The van der Waals surface area contributed by atoms with Crippen LogP contribution < -0.4 is 33.3 Å². The van der Waals surface area contributed by atoms with E-state index in [9.17, 15) is 13.2 Å². The first kappa shape index (κ1) is 28.5. The molecule has 0 radical (unpaired) electrons. The third-order valence-corrected chi connectivity index (χ3v) is 7.34. The summed E-state index contributed by atoms with van der Waals surface area (Å²) in [6.45, 7) is 2.06. The summed E-state index contributed by atoms with van der Waals surface area (Å²) in [5.41, 5.74) is 0.938. The van der Waals surface area contributed by atoms with Crippen LogP contribution in [0.3, 0.4) is 0 Å². The number of carbonyl (C=O) groups excluding carboxylic acids is 1. The van der Waals surface area contributed by atoms with Gasteiger partial charge in [0.05, 0.1) is 45.6 Å². The molecule has 0 aromatic heterocycles. The Bertz CT molecular complexity index is 1360. The number of rotatable bonds is 13. The maximum Gasteiger partial charge on any atom is 0.265 e. The van der Waals surface area contributed by atoms with Crippen LogP contribution in [0.1, 0.15) is 12.5 Å². The number of anilines is 1. The lowest BCUT2D eigenvalue weighted by Crippen LogP contribution is -2.41. The molecular weight excluding hydrogens is 512 g/mol. The molecule has 11 heteroatoms. The van der Waals surface area contributed by atoms with Crippen LogP contribution in [0.15, 0.2) is 65.6 Å². The van der Waals surface area contributed by atoms with Crippen molar-refractivity contribution in [1.29, 1.82) is 0 Å². The van der Waals surface area contributed by atoms with Gasteiger partial charge in [0.15, 0.2) is 11.5 Å². The molecule has 0 aliphatic heterocycles. The summed E-state index contributed by atoms with van der Waals surface area (Å²) in [5.74, 6) is 1.38. The Morgan fingerprint density at radius 1 is 0.816 bits per heavy atom. The van der Waals surface area contributed by atoms with Crippen LogP contribution in [0.4, 0.5) is 5.69 Å². The maximum absolute atomic E-state index is 13.9. The average Bonchev–Trinajstić information content (AvgIpc) is 2.94. The molecule has 10 nitrogen and oxygen atoms in total. The van der Waals surface area contributed by atoms with E-state index in [0.717, 1.165) is 9.87 Å². The molecular formula is C27H32N2O8S. The van der Waals surface area contributed by atoms with Crippen molar-refractivity contribution in [1.82, 2.24) is 5.32 Å². The summed E-state index contributed by atoms with van der Waals surface area (Å²) in [4.78, 5) is 13.0. The molecule has 0 bridgehead atoms. The molecule has 0 aliphatic rings. The standard InChI is InChI=1S/C27H32N2O8S/c1-6-37-21-9-7-8-19(14-21)17-28-27(30)18-29(23-15-20(33-2)10-12-24(23)34-3)38(31,32)22-11-13-25(35-4)26(16-22)36-5/h7-16H,6,17-18H2,1-5H3,(H,28,30). The highest BCUT2D eigenvalue weighted by molar-refractivity contribution is 7.92. The van der Waals surface area contributed by atoms with Gasteiger partial charge in [0.25, 0.3) is 10.0 Å². The normalized spacial score (nSPS) is 10.9. The second-order valence-corrected chi connectivity index (χ2v) is 9.79. The summed E-state index contributed by atoms with van der Waals surface area (Å²) < 4.78 is 55.6. The van der Waals surface area contributed by atoms with E-state index in [1.54, 1.807) is 12.1 Å². The first-order chi connectivity index (χ1) is 18.3. The summed E-state index contributed by atoms with van der Waals surface area (Å²) in [6.07, 6.45) is 0. The third kappa shape index (κ3) is 6.60. The van der Waals surface area contributed by atoms with Gasteiger partial charge in [-0.25, -0.2) is 8.42 Å². The average molecular weight is 545 g/mol. The van der Waals surface area contributed by atoms with Crippen molar-refractivity contribution in [2.75, 3.05) is 45.9 Å². The lowest BCUT2D eigenvalue weighted by molar-refractivity contribution is -0.119. The number of nitrogens with zero attached hydrogens (tertiary/aromatic N) is 1. The fourth-order valence-electron chi connectivity index (χ4n) is 3.69. The summed E-state index contributed by atoms with van der Waals surface area (Å²) in [7, 11) is 1.45. The maximum atomic E-state index is 13.9. The Morgan fingerprint density at radius 3 is 2.18 bits per heavy atom. The Labute approximate surface area is 223 Å². The quantitative estimate of drug-likeness (QED) is 0.347. The van der Waals surface area contributed by atoms with Crippen LogP contribution in [0.2, 0.25) is 0 Å². The number of carbonyl (C=O) groups is 1. The van der Waals surface area contributed by atoms with Gasteiger partial charge in [-0.3, -0.25) is 9.10 Å². The van der Waals surface area contributed by atoms with E-state index in [4.69, 9.17) is 23.7 Å². The van der Waals surface area contributed by atoms with Gasteiger partial charge >= 0.3 is 0 Å². The predicted octanol–water partition coefficient (Wildman–Crippen LogP) is 3.63. The minimum Gasteiger partial charge on any atom is -0.497 e. The Balaban J connectivity index is 1.98. The minimum atomic E-state index is -4.28. The number of hydrogen-bond acceptors (Lipinski definition) is 8. The fourth-order valence-corrected chi connectivity index (χ4v) is 5.13. The fraction of sp³-hybridized carbons (Fsp3) is 0.296. The first-order valence-corrected chi connectivity index (χ1v) is 13.2. The van der Waals surface area contributed by atoms with E-state index >= 15 is 0 Å². The Hall–Kier alpha value is -4.12. The van der Waals surface area contributed by atoms with Gasteiger partial charge in [-0.15, -0.1) is 0 Å². The molecule has 0 fully saturated rings. The molecule has 1 amide bonds. The SMILES string of the molecule is CCOc1cccc(CNC(=O)CN(c2cc(OC)ccc2OC)S(=O)(=O)c2ccc(OC)c(OC)c2)c1. The topological polar surface area (TPSA) is 113 Å². The molecule has 0 spiro atoms. The summed E-state index contributed by atoms with van der Waals surface area (Å²) >= 11 is 0. The van der Waals surface area contributed by atoms with Crippen LogP contribution in [0.5, 0.6) is 28.7 Å². The van der Waals surface area contributed by atoms with Crippen LogP contribution in [0, 0.1) is 0 Å². The van der Waals surface area contributed by atoms with Crippen molar-refractivity contribution < 1.29 is 36.9 Å². The second kappa shape index (κ2) is 12.9. The largest absolute Gasteiger partial charge is 0.497 e. The summed E-state index contributed by atoms with van der Waals surface area (Å²) in [6, 6.07) is 16.2. The van der Waals surface area contributed by atoms with Crippen LogP contribution in [0.25, 0.3) is 0 Å². The van der Waals surface area contributed by atoms with Crippen molar-refractivity contribution in [3.63, 3.8) is 0 Å². The van der Waals surface area contributed by atoms with Gasteiger partial charge in [-0.2, -0.15) is 0 Å². The molecule has 1 N–H and O–H groups in total. The van der Waals surface area contributed by atoms with E-state index in [1.807, 2.05) is 31.2 Å². The van der Waals surface area contributed by atoms with Crippen molar-refractivity contribution in [3.05, 3.63) is 66.2 Å². The molecule has 3 aromatic rings.